The van der Waals surface area contributed by atoms with Gasteiger partial charge < -0.3 is 4.74 Å². The number of nitrogens with zero attached hydrogens (tertiary/aromatic N) is 3. The average molecular weight is 415 g/mol. The molecule has 0 saturated carbocycles. The zero-order valence-electron chi connectivity index (χ0n) is 17.5. The molecule has 7 heteroatoms. The molecule has 0 bridgehead atoms. The second kappa shape index (κ2) is 11.3. The molecule has 0 radical (unpaired) electrons. The fourth-order valence-corrected chi connectivity index (χ4v) is 2.97. The number of hydrazone groups is 1. The zero-order valence-corrected chi connectivity index (χ0v) is 17.5. The number of aromatic amines is 1. The van der Waals surface area contributed by atoms with Gasteiger partial charge in [0.1, 0.15) is 17.4 Å². The minimum atomic E-state index is -0.519. The number of rotatable bonds is 10. The molecule has 0 aliphatic rings. The number of aromatic nitrogens is 2. The number of anilines is 1. The molecule has 3 rings (SSSR count). The Balaban J connectivity index is 1.64. The summed E-state index contributed by atoms with van der Waals surface area (Å²) in [7, 11) is 0. The molecule has 1 heterocycles. The predicted octanol–water partition coefficient (Wildman–Crippen LogP) is 4.71. The molecule has 0 fully saturated rings. The first-order valence-corrected chi connectivity index (χ1v) is 10.3. The summed E-state index contributed by atoms with van der Waals surface area (Å²) in [5, 5.41) is 13.5. The van der Waals surface area contributed by atoms with E-state index in [2.05, 4.69) is 27.4 Å². The van der Waals surface area contributed by atoms with Crippen LogP contribution in [0.5, 0.6) is 5.75 Å². The van der Waals surface area contributed by atoms with Crippen LogP contribution in [0, 0.1) is 11.3 Å². The summed E-state index contributed by atoms with van der Waals surface area (Å²) < 4.78 is 5.74. The molecule has 7 nitrogen and oxygen atoms in total. The van der Waals surface area contributed by atoms with Crippen LogP contribution in [0.4, 0.5) is 5.95 Å². The molecule has 0 unspecified atom stereocenters. The van der Waals surface area contributed by atoms with Crippen LogP contribution < -0.4 is 15.7 Å². The lowest BCUT2D eigenvalue weighted by molar-refractivity contribution is 0.305. The van der Waals surface area contributed by atoms with Crippen LogP contribution in [0.2, 0.25) is 0 Å². The van der Waals surface area contributed by atoms with E-state index in [1.165, 1.54) is 19.3 Å². The van der Waals surface area contributed by atoms with E-state index in [0.29, 0.717) is 11.3 Å². The van der Waals surface area contributed by atoms with E-state index in [-0.39, 0.29) is 11.5 Å². The summed E-state index contributed by atoms with van der Waals surface area (Å²) >= 11 is 0. The third kappa shape index (κ3) is 6.28. The van der Waals surface area contributed by atoms with Gasteiger partial charge in [0.05, 0.1) is 18.5 Å². The molecular formula is C24H25N5O2. The summed E-state index contributed by atoms with van der Waals surface area (Å²) in [4.78, 5) is 19.1. The first kappa shape index (κ1) is 21.8. The predicted molar refractivity (Wildman–Crippen MR) is 122 cm³/mol. The Labute approximate surface area is 181 Å². The highest BCUT2D eigenvalue weighted by Crippen LogP contribution is 2.19. The van der Waals surface area contributed by atoms with Crippen LogP contribution in [0.1, 0.15) is 43.7 Å². The van der Waals surface area contributed by atoms with E-state index in [9.17, 15) is 10.1 Å². The van der Waals surface area contributed by atoms with Crippen LogP contribution in [-0.2, 0) is 0 Å². The van der Waals surface area contributed by atoms with Gasteiger partial charge in [-0.25, -0.2) is 10.4 Å². The molecule has 1 aromatic heterocycles. The monoisotopic (exact) mass is 415 g/mol. The van der Waals surface area contributed by atoms with Crippen molar-refractivity contribution in [2.45, 2.75) is 32.6 Å². The molecule has 0 spiro atoms. The van der Waals surface area contributed by atoms with Crippen LogP contribution >= 0.6 is 0 Å². The Morgan fingerprint density at radius 1 is 1.13 bits per heavy atom. The van der Waals surface area contributed by atoms with Gasteiger partial charge in [0, 0.05) is 5.56 Å². The molecule has 0 saturated heterocycles. The van der Waals surface area contributed by atoms with Crippen molar-refractivity contribution in [1.82, 2.24) is 9.97 Å². The first-order chi connectivity index (χ1) is 15.2. The number of nitriles is 1. The van der Waals surface area contributed by atoms with E-state index in [0.717, 1.165) is 24.3 Å². The number of nitrogens with one attached hydrogen (secondary N) is 2. The first-order valence-electron chi connectivity index (χ1n) is 10.3. The number of hydrogen-bond donors (Lipinski definition) is 2. The fourth-order valence-electron chi connectivity index (χ4n) is 2.97. The van der Waals surface area contributed by atoms with Crippen molar-refractivity contribution in [2.75, 3.05) is 12.0 Å². The number of H-pyrrole nitrogens is 1. The molecule has 0 aliphatic carbocycles. The molecule has 3 aromatic rings. The Morgan fingerprint density at radius 3 is 2.61 bits per heavy atom. The molecule has 0 aliphatic heterocycles. The van der Waals surface area contributed by atoms with E-state index >= 15 is 0 Å². The Hall–Kier alpha value is -3.92. The standard InChI is InChI=1S/C24H25N5O2/c1-2-3-4-8-15-31-20-13-11-18(12-14-20)17-26-29-24-27-22(19-9-6-5-7-10-19)21(16-25)23(30)28-24/h5-7,9-14,17H,2-4,8,15H2,1H3,(H2,27,28,29,30). The number of benzene rings is 2. The Morgan fingerprint density at radius 2 is 1.90 bits per heavy atom. The second-order valence-corrected chi connectivity index (χ2v) is 6.96. The number of ether oxygens (including phenoxy) is 1. The third-order valence-electron chi connectivity index (χ3n) is 4.61. The highest BCUT2D eigenvalue weighted by molar-refractivity contribution is 5.80. The lowest BCUT2D eigenvalue weighted by atomic mass is 10.1. The molecule has 0 atom stereocenters. The minimum absolute atomic E-state index is 0.0361. The Kier molecular flexibility index (Phi) is 7.95. The lowest BCUT2D eigenvalue weighted by Crippen LogP contribution is -2.16. The van der Waals surface area contributed by atoms with Gasteiger partial charge in [-0.2, -0.15) is 10.4 Å². The SMILES string of the molecule is CCCCCCOc1ccc(C=NNc2nc(-c3ccccc3)c(C#N)c(=O)[nH]2)cc1. The molecular weight excluding hydrogens is 390 g/mol. The van der Waals surface area contributed by atoms with Gasteiger partial charge >= 0.3 is 0 Å². The molecule has 2 N–H and O–H groups in total. The summed E-state index contributed by atoms with van der Waals surface area (Å²) in [6.07, 6.45) is 6.30. The maximum atomic E-state index is 12.3. The zero-order chi connectivity index (χ0) is 21.9. The van der Waals surface area contributed by atoms with Gasteiger partial charge in [0.2, 0.25) is 5.95 Å². The van der Waals surface area contributed by atoms with E-state index in [1.807, 2.05) is 48.5 Å². The third-order valence-corrected chi connectivity index (χ3v) is 4.61. The van der Waals surface area contributed by atoms with Crippen molar-refractivity contribution in [2.24, 2.45) is 5.10 Å². The largest absolute Gasteiger partial charge is 0.494 e. The van der Waals surface area contributed by atoms with Crippen molar-refractivity contribution < 1.29 is 4.74 Å². The normalized spacial score (nSPS) is 10.7. The van der Waals surface area contributed by atoms with Crippen LogP contribution in [0.15, 0.2) is 64.5 Å². The quantitative estimate of drug-likeness (QED) is 0.283. The molecule has 31 heavy (non-hydrogen) atoms. The van der Waals surface area contributed by atoms with Crippen LogP contribution in [0.25, 0.3) is 11.3 Å². The molecule has 158 valence electrons. The van der Waals surface area contributed by atoms with Crippen molar-refractivity contribution in [1.29, 1.82) is 5.26 Å². The van der Waals surface area contributed by atoms with Gasteiger partial charge in [-0.15, -0.1) is 0 Å². The summed E-state index contributed by atoms with van der Waals surface area (Å²) in [5.41, 5.74) is 4.03. The van der Waals surface area contributed by atoms with Crippen molar-refractivity contribution >= 4 is 12.2 Å². The van der Waals surface area contributed by atoms with Gasteiger partial charge in [-0.1, -0.05) is 56.5 Å². The maximum Gasteiger partial charge on any atom is 0.270 e. The fraction of sp³-hybridized carbons (Fsp3) is 0.250. The number of hydrogen-bond acceptors (Lipinski definition) is 6. The van der Waals surface area contributed by atoms with Crippen LogP contribution in [0.3, 0.4) is 0 Å². The van der Waals surface area contributed by atoms with Crippen molar-refractivity contribution in [3.63, 3.8) is 0 Å². The topological polar surface area (TPSA) is 103 Å². The molecule has 2 aromatic carbocycles. The van der Waals surface area contributed by atoms with Gasteiger partial charge in [0.25, 0.3) is 5.56 Å². The minimum Gasteiger partial charge on any atom is -0.494 e. The summed E-state index contributed by atoms with van der Waals surface area (Å²) in [6.45, 7) is 2.91. The molecule has 0 amide bonds. The highest BCUT2D eigenvalue weighted by atomic mass is 16.5. The summed E-state index contributed by atoms with van der Waals surface area (Å²) in [5.74, 6) is 0.985. The average Bonchev–Trinajstić information content (AvgIpc) is 2.80. The highest BCUT2D eigenvalue weighted by Gasteiger charge is 2.12. The smallest absolute Gasteiger partial charge is 0.270 e. The van der Waals surface area contributed by atoms with Gasteiger partial charge in [-0.05, 0) is 36.2 Å². The van der Waals surface area contributed by atoms with Crippen molar-refractivity contribution in [3.05, 3.63) is 76.1 Å². The van der Waals surface area contributed by atoms with E-state index in [4.69, 9.17) is 4.74 Å². The van der Waals surface area contributed by atoms with Crippen molar-refractivity contribution in [3.8, 4) is 23.1 Å². The van der Waals surface area contributed by atoms with E-state index < -0.39 is 5.56 Å². The lowest BCUT2D eigenvalue weighted by Gasteiger charge is -2.06. The van der Waals surface area contributed by atoms with E-state index in [1.54, 1.807) is 18.3 Å². The van der Waals surface area contributed by atoms with Gasteiger partial charge in [0.15, 0.2) is 0 Å². The Bertz CT molecular complexity index is 1100. The maximum absolute atomic E-state index is 12.3. The van der Waals surface area contributed by atoms with Crippen LogP contribution in [-0.4, -0.2) is 22.8 Å². The summed E-state index contributed by atoms with van der Waals surface area (Å²) in [6, 6.07) is 18.6. The number of unbranched alkanes of at least 4 members (excludes halogenated alkanes) is 3. The van der Waals surface area contributed by atoms with Gasteiger partial charge in [-0.3, -0.25) is 9.78 Å². The second-order valence-electron chi connectivity index (χ2n) is 6.96.